The van der Waals surface area contributed by atoms with E-state index in [4.69, 9.17) is 0 Å². The number of fused-ring (bicyclic) bond motifs is 1. The number of amides is 2. The number of carbonyl (C=O) groups excluding carboxylic acids is 2. The predicted molar refractivity (Wildman–Crippen MR) is 133 cm³/mol. The molecule has 9 nitrogen and oxygen atoms in total. The average Bonchev–Trinajstić information content (AvgIpc) is 2.87. The number of nitrogens with zero attached hydrogens (tertiary/aromatic N) is 3. The summed E-state index contributed by atoms with van der Waals surface area (Å²) in [5.74, 6) is 0.323. The molecule has 4 rings (SSSR count). The Labute approximate surface area is 203 Å². The van der Waals surface area contributed by atoms with Crippen molar-refractivity contribution in [1.29, 1.82) is 0 Å². The first-order chi connectivity index (χ1) is 16.9. The Bertz CT molecular complexity index is 1180. The van der Waals surface area contributed by atoms with E-state index in [1.54, 1.807) is 25.3 Å². The first kappa shape index (κ1) is 24.3. The van der Waals surface area contributed by atoms with E-state index < -0.39 is 11.9 Å². The molecule has 0 radical (unpaired) electrons. The molecule has 2 aromatic heterocycles. The molecule has 4 N–H and O–H groups in total. The van der Waals surface area contributed by atoms with Gasteiger partial charge in [0.25, 0.3) is 5.91 Å². The van der Waals surface area contributed by atoms with Gasteiger partial charge >= 0.3 is 0 Å². The fourth-order valence-electron chi connectivity index (χ4n) is 4.38. The first-order valence-electron chi connectivity index (χ1n) is 11.5. The van der Waals surface area contributed by atoms with Crippen molar-refractivity contribution in [2.75, 3.05) is 23.4 Å². The second-order valence-electron chi connectivity index (χ2n) is 8.63. The highest BCUT2D eigenvalue weighted by atomic mass is 16.3. The van der Waals surface area contributed by atoms with Crippen molar-refractivity contribution in [3.63, 3.8) is 0 Å². The highest BCUT2D eigenvalue weighted by Gasteiger charge is 2.33. The van der Waals surface area contributed by atoms with Crippen molar-refractivity contribution in [1.82, 2.24) is 15.3 Å². The highest BCUT2D eigenvalue weighted by Crippen LogP contribution is 2.40. The van der Waals surface area contributed by atoms with Crippen LogP contribution in [0.25, 0.3) is 11.3 Å². The molecule has 0 spiro atoms. The summed E-state index contributed by atoms with van der Waals surface area (Å²) in [6.07, 6.45) is 3.91. The number of rotatable bonds is 7. The van der Waals surface area contributed by atoms with Crippen LogP contribution in [-0.2, 0) is 4.79 Å². The lowest BCUT2D eigenvalue weighted by Crippen LogP contribution is -2.43. The van der Waals surface area contributed by atoms with Crippen molar-refractivity contribution < 1.29 is 19.8 Å². The summed E-state index contributed by atoms with van der Waals surface area (Å²) < 4.78 is 0. The van der Waals surface area contributed by atoms with Crippen LogP contribution < -0.4 is 15.5 Å². The lowest BCUT2D eigenvalue weighted by atomic mass is 9.89. The number of aliphatic hydroxyl groups excluding tert-OH is 2. The van der Waals surface area contributed by atoms with Gasteiger partial charge < -0.3 is 25.7 Å². The molecule has 0 bridgehead atoms. The maximum Gasteiger partial charge on any atom is 0.253 e. The van der Waals surface area contributed by atoms with Crippen LogP contribution in [0.3, 0.4) is 0 Å². The molecule has 9 heteroatoms. The summed E-state index contributed by atoms with van der Waals surface area (Å²) in [6, 6.07) is 14.2. The highest BCUT2D eigenvalue weighted by molar-refractivity contribution is 5.95. The van der Waals surface area contributed by atoms with E-state index in [9.17, 15) is 19.8 Å². The Morgan fingerprint density at radius 1 is 1.11 bits per heavy atom. The van der Waals surface area contributed by atoms with Crippen LogP contribution in [0.2, 0.25) is 0 Å². The third kappa shape index (κ3) is 5.31. The monoisotopic (exact) mass is 475 g/mol. The average molecular weight is 476 g/mol. The zero-order valence-corrected chi connectivity index (χ0v) is 19.7. The molecule has 2 atom stereocenters. The van der Waals surface area contributed by atoms with Gasteiger partial charge in [-0.2, -0.15) is 0 Å². The summed E-state index contributed by atoms with van der Waals surface area (Å²) in [7, 11) is 0. The van der Waals surface area contributed by atoms with E-state index in [0.717, 1.165) is 29.1 Å². The summed E-state index contributed by atoms with van der Waals surface area (Å²) in [6.45, 7) is 2.90. The lowest BCUT2D eigenvalue weighted by Gasteiger charge is -2.39. The number of pyridine rings is 2. The Kier molecular flexibility index (Phi) is 7.38. The Balaban J connectivity index is 1.65. The van der Waals surface area contributed by atoms with Crippen LogP contribution in [0.4, 0.5) is 11.5 Å². The van der Waals surface area contributed by atoms with Gasteiger partial charge in [-0.05, 0) is 55.3 Å². The maximum absolute atomic E-state index is 12.4. The van der Waals surface area contributed by atoms with Gasteiger partial charge in [0.2, 0.25) is 5.91 Å². The molecule has 182 valence electrons. The number of carbonyl (C=O) groups is 2. The van der Waals surface area contributed by atoms with Crippen molar-refractivity contribution >= 4 is 23.3 Å². The minimum Gasteiger partial charge on any atom is -0.394 e. The van der Waals surface area contributed by atoms with E-state index in [1.165, 1.54) is 6.20 Å². The molecule has 0 saturated carbocycles. The quantitative estimate of drug-likeness (QED) is 0.413. The van der Waals surface area contributed by atoms with Gasteiger partial charge in [-0.3, -0.25) is 14.6 Å². The summed E-state index contributed by atoms with van der Waals surface area (Å²) >= 11 is 0. The second kappa shape index (κ2) is 10.6. The summed E-state index contributed by atoms with van der Waals surface area (Å²) in [5.41, 5.74) is 3.67. The molecule has 2 amide bonds. The molecular formula is C26H29N5O4. The van der Waals surface area contributed by atoms with E-state index in [0.29, 0.717) is 11.3 Å². The largest absolute Gasteiger partial charge is 0.394 e. The summed E-state index contributed by atoms with van der Waals surface area (Å²) in [4.78, 5) is 35.4. The third-order valence-electron chi connectivity index (χ3n) is 6.10. The number of aliphatic hydroxyl groups is 2. The van der Waals surface area contributed by atoms with Crippen molar-refractivity contribution in [2.24, 2.45) is 0 Å². The van der Waals surface area contributed by atoms with Gasteiger partial charge in [0.1, 0.15) is 5.82 Å². The molecule has 0 unspecified atom stereocenters. The van der Waals surface area contributed by atoms with Crippen molar-refractivity contribution in [2.45, 2.75) is 38.4 Å². The zero-order chi connectivity index (χ0) is 24.9. The van der Waals surface area contributed by atoms with Crippen LogP contribution >= 0.6 is 0 Å². The zero-order valence-electron chi connectivity index (χ0n) is 19.7. The fourth-order valence-corrected chi connectivity index (χ4v) is 4.38. The Morgan fingerprint density at radius 2 is 1.91 bits per heavy atom. The number of hydrogen-bond donors (Lipinski definition) is 4. The molecule has 1 aliphatic rings. The van der Waals surface area contributed by atoms with E-state index in [2.05, 4.69) is 20.6 Å². The van der Waals surface area contributed by atoms with Crippen LogP contribution in [0.15, 0.2) is 60.9 Å². The normalized spacial score (nSPS) is 17.1. The number of hydrogen-bond acceptors (Lipinski definition) is 7. The topological polar surface area (TPSA) is 128 Å². The van der Waals surface area contributed by atoms with Crippen molar-refractivity contribution in [3.05, 3.63) is 72.1 Å². The van der Waals surface area contributed by atoms with Gasteiger partial charge in [-0.25, -0.2) is 4.98 Å². The number of benzene rings is 1. The molecular weight excluding hydrogens is 446 g/mol. The predicted octanol–water partition coefficient (Wildman–Crippen LogP) is 2.52. The van der Waals surface area contributed by atoms with Crippen LogP contribution in [0, 0.1) is 0 Å². The molecule has 0 fully saturated rings. The molecule has 0 aliphatic carbocycles. The van der Waals surface area contributed by atoms with Crippen LogP contribution in [0.1, 0.15) is 42.2 Å². The Morgan fingerprint density at radius 3 is 2.54 bits per heavy atom. The van der Waals surface area contributed by atoms with Crippen LogP contribution in [-0.4, -0.2) is 57.3 Å². The van der Waals surface area contributed by atoms with Gasteiger partial charge in [0.05, 0.1) is 36.6 Å². The lowest BCUT2D eigenvalue weighted by molar-refractivity contribution is -0.117. The Hall–Kier alpha value is -3.82. The van der Waals surface area contributed by atoms with Gasteiger partial charge in [0, 0.05) is 36.6 Å². The van der Waals surface area contributed by atoms with Gasteiger partial charge in [-0.1, -0.05) is 12.1 Å². The second-order valence-corrected chi connectivity index (χ2v) is 8.63. The number of aromatic nitrogens is 2. The number of anilines is 2. The van der Waals surface area contributed by atoms with E-state index >= 15 is 0 Å². The summed E-state index contributed by atoms with van der Waals surface area (Å²) in [5, 5.41) is 24.4. The van der Waals surface area contributed by atoms with Crippen LogP contribution in [0.5, 0.6) is 0 Å². The molecule has 1 aromatic carbocycles. The standard InChI is InChI=1S/C26H29N5O4/c1-16-11-23(30-25-5-3-4-10-27-25)21-12-18(7-9-24(21)31(16)17(2)34)22-8-6-19(13-28-22)26(35)29-20(14-32)15-33/h3-10,12-13,16,20,23,32-33H,11,14-15H2,1-2H3,(H,27,30)(H,29,35)/t16-,23+/m0/s1. The third-order valence-corrected chi connectivity index (χ3v) is 6.10. The molecule has 3 aromatic rings. The molecule has 35 heavy (non-hydrogen) atoms. The minimum atomic E-state index is -0.724. The van der Waals surface area contributed by atoms with Crippen molar-refractivity contribution in [3.8, 4) is 11.3 Å². The minimum absolute atomic E-state index is 0.0136. The van der Waals surface area contributed by atoms with E-state index in [-0.39, 0.29) is 31.2 Å². The number of nitrogens with one attached hydrogen (secondary N) is 2. The molecule has 3 heterocycles. The van der Waals surface area contributed by atoms with Gasteiger partial charge in [0.15, 0.2) is 0 Å². The first-order valence-corrected chi connectivity index (χ1v) is 11.5. The smallest absolute Gasteiger partial charge is 0.253 e. The molecule has 1 aliphatic heterocycles. The fraction of sp³-hybridized carbons (Fsp3) is 0.308. The van der Waals surface area contributed by atoms with E-state index in [1.807, 2.05) is 48.2 Å². The SMILES string of the molecule is CC(=O)N1c2ccc(-c3ccc(C(=O)NC(CO)CO)cn3)cc2[C@H](Nc2ccccn2)C[C@@H]1C. The van der Waals surface area contributed by atoms with Gasteiger partial charge in [-0.15, -0.1) is 0 Å². The molecule has 0 saturated heterocycles. The maximum atomic E-state index is 12.4.